The molecule has 0 unspecified atom stereocenters. The minimum Gasteiger partial charge on any atom is -0.460 e. The average Bonchev–Trinajstić information content (AvgIpc) is 2.93. The molecule has 0 aromatic heterocycles. The fourth-order valence-electron chi connectivity index (χ4n) is 3.84. The van der Waals surface area contributed by atoms with E-state index in [1.807, 2.05) is 20.8 Å². The van der Waals surface area contributed by atoms with Crippen LogP contribution in [0.15, 0.2) is 0 Å². The minimum atomic E-state index is -0.611. The van der Waals surface area contributed by atoms with Crippen molar-refractivity contribution >= 4 is 12.1 Å². The summed E-state index contributed by atoms with van der Waals surface area (Å²) in [6.07, 6.45) is 2.51. The molecule has 0 aromatic carbocycles. The van der Waals surface area contributed by atoms with Gasteiger partial charge in [0.1, 0.15) is 11.7 Å². The Morgan fingerprint density at radius 2 is 1.85 bits per heavy atom. The largest absolute Gasteiger partial charge is 0.460 e. The van der Waals surface area contributed by atoms with Crippen molar-refractivity contribution in [2.45, 2.75) is 91.1 Å². The maximum atomic E-state index is 12.6. The van der Waals surface area contributed by atoms with Gasteiger partial charge in [0.15, 0.2) is 6.10 Å². The number of carbonyl (C=O) groups is 2. The van der Waals surface area contributed by atoms with Crippen LogP contribution in [0.2, 0.25) is 0 Å². The van der Waals surface area contributed by atoms with Crippen molar-refractivity contribution in [3.63, 3.8) is 0 Å². The van der Waals surface area contributed by atoms with Crippen LogP contribution in [0.4, 0.5) is 4.79 Å². The zero-order valence-corrected chi connectivity index (χ0v) is 17.0. The zero-order valence-electron chi connectivity index (χ0n) is 17.0. The first-order valence-electron chi connectivity index (χ1n) is 9.86. The Balaban J connectivity index is 1.84. The molecule has 1 aliphatic heterocycles. The summed E-state index contributed by atoms with van der Waals surface area (Å²) in [4.78, 5) is 24.4. The Bertz CT molecular complexity index is 499. The van der Waals surface area contributed by atoms with Crippen LogP contribution in [0.25, 0.3) is 0 Å². The van der Waals surface area contributed by atoms with Crippen LogP contribution in [0.1, 0.15) is 67.2 Å². The molecule has 1 aliphatic carbocycles. The number of nitrogens with one attached hydrogen (secondary N) is 1. The molecule has 26 heavy (non-hydrogen) atoms. The van der Waals surface area contributed by atoms with E-state index in [1.165, 1.54) is 6.42 Å². The molecule has 5 atom stereocenters. The van der Waals surface area contributed by atoms with E-state index in [-0.39, 0.29) is 18.1 Å². The first kappa shape index (κ1) is 21.0. The molecule has 2 fully saturated rings. The second kappa shape index (κ2) is 8.59. The lowest BCUT2D eigenvalue weighted by atomic mass is 9.75. The van der Waals surface area contributed by atoms with E-state index in [0.717, 1.165) is 12.8 Å². The number of esters is 1. The van der Waals surface area contributed by atoms with Crippen LogP contribution in [0, 0.1) is 17.8 Å². The van der Waals surface area contributed by atoms with Gasteiger partial charge < -0.3 is 19.5 Å². The summed E-state index contributed by atoms with van der Waals surface area (Å²) < 4.78 is 16.7. The Hall–Kier alpha value is -1.30. The van der Waals surface area contributed by atoms with Gasteiger partial charge in [0.2, 0.25) is 0 Å². The first-order chi connectivity index (χ1) is 12.0. The van der Waals surface area contributed by atoms with Gasteiger partial charge in [0, 0.05) is 6.42 Å². The van der Waals surface area contributed by atoms with Crippen LogP contribution in [-0.4, -0.2) is 42.5 Å². The van der Waals surface area contributed by atoms with Crippen molar-refractivity contribution in [2.24, 2.45) is 17.8 Å². The predicted octanol–water partition coefficient (Wildman–Crippen LogP) is 3.67. The Kier molecular flexibility index (Phi) is 6.94. The lowest BCUT2D eigenvalue weighted by Crippen LogP contribution is -2.40. The van der Waals surface area contributed by atoms with Crippen molar-refractivity contribution in [1.82, 2.24) is 5.32 Å². The van der Waals surface area contributed by atoms with Crippen molar-refractivity contribution in [3.8, 4) is 0 Å². The number of amides is 1. The van der Waals surface area contributed by atoms with Crippen molar-refractivity contribution < 1.29 is 23.8 Å². The van der Waals surface area contributed by atoms with Gasteiger partial charge in [-0.15, -0.1) is 0 Å². The lowest BCUT2D eigenvalue weighted by molar-refractivity contribution is -0.166. The van der Waals surface area contributed by atoms with Gasteiger partial charge in [-0.05, 0) is 51.4 Å². The van der Waals surface area contributed by atoms with Crippen molar-refractivity contribution in [2.75, 3.05) is 6.61 Å². The summed E-state index contributed by atoms with van der Waals surface area (Å²) in [6.45, 7) is 12.3. The molecule has 1 amide bonds. The van der Waals surface area contributed by atoms with Gasteiger partial charge in [-0.1, -0.05) is 27.2 Å². The third-order valence-electron chi connectivity index (χ3n) is 5.21. The number of alkyl carbamates (subject to hydrolysis) is 1. The molecule has 1 N–H and O–H groups in total. The van der Waals surface area contributed by atoms with Crippen LogP contribution >= 0.6 is 0 Å². The van der Waals surface area contributed by atoms with E-state index < -0.39 is 17.8 Å². The minimum absolute atomic E-state index is 0.0345. The second-order valence-corrected chi connectivity index (χ2v) is 9.20. The number of rotatable bonds is 4. The molecule has 1 heterocycles. The zero-order chi connectivity index (χ0) is 19.5. The monoisotopic (exact) mass is 369 g/mol. The summed E-state index contributed by atoms with van der Waals surface area (Å²) in [6, 6.07) is -0.228. The van der Waals surface area contributed by atoms with Gasteiger partial charge in [0.25, 0.3) is 0 Å². The highest BCUT2D eigenvalue weighted by Crippen LogP contribution is 2.35. The Labute approximate surface area is 157 Å². The summed E-state index contributed by atoms with van der Waals surface area (Å²) in [5.74, 6) is 1.18. The maximum Gasteiger partial charge on any atom is 0.407 e. The Morgan fingerprint density at radius 1 is 1.15 bits per heavy atom. The number of hydrogen-bond acceptors (Lipinski definition) is 5. The van der Waals surface area contributed by atoms with E-state index >= 15 is 0 Å². The predicted molar refractivity (Wildman–Crippen MR) is 98.7 cm³/mol. The van der Waals surface area contributed by atoms with Gasteiger partial charge in [-0.25, -0.2) is 9.59 Å². The second-order valence-electron chi connectivity index (χ2n) is 9.20. The average molecular weight is 370 g/mol. The molecule has 2 aliphatic rings. The molecule has 0 spiro atoms. The fraction of sp³-hybridized carbons (Fsp3) is 0.900. The van der Waals surface area contributed by atoms with Gasteiger partial charge in [0.05, 0.1) is 12.6 Å². The first-order valence-corrected chi connectivity index (χ1v) is 9.86. The Morgan fingerprint density at radius 3 is 2.46 bits per heavy atom. The molecule has 0 radical (unpaired) electrons. The van der Waals surface area contributed by atoms with Gasteiger partial charge in [-0.3, -0.25) is 0 Å². The summed E-state index contributed by atoms with van der Waals surface area (Å²) in [7, 11) is 0. The molecule has 1 saturated carbocycles. The van der Waals surface area contributed by atoms with E-state index in [9.17, 15) is 9.59 Å². The highest BCUT2D eigenvalue weighted by Gasteiger charge is 2.38. The molecule has 2 rings (SSSR count). The van der Waals surface area contributed by atoms with Gasteiger partial charge in [-0.2, -0.15) is 0 Å². The SMILES string of the molecule is CC(C)[C@@H]1CC[C@@H](C)C[C@H]1OC(=O)[C@@H]1C[C@H](NC(=O)OC(C)(C)C)CO1. The van der Waals surface area contributed by atoms with Crippen LogP contribution in [-0.2, 0) is 19.0 Å². The van der Waals surface area contributed by atoms with Gasteiger partial charge >= 0.3 is 12.1 Å². The quantitative estimate of drug-likeness (QED) is 0.765. The smallest absolute Gasteiger partial charge is 0.407 e. The van der Waals surface area contributed by atoms with E-state index in [0.29, 0.717) is 30.8 Å². The van der Waals surface area contributed by atoms with E-state index in [4.69, 9.17) is 14.2 Å². The molecule has 0 bridgehead atoms. The highest BCUT2D eigenvalue weighted by atomic mass is 16.6. The van der Waals surface area contributed by atoms with Crippen molar-refractivity contribution in [3.05, 3.63) is 0 Å². The molecule has 6 nitrogen and oxygen atoms in total. The van der Waals surface area contributed by atoms with Crippen LogP contribution in [0.5, 0.6) is 0 Å². The van der Waals surface area contributed by atoms with E-state index in [2.05, 4.69) is 26.1 Å². The number of ether oxygens (including phenoxy) is 3. The molecule has 6 heteroatoms. The molecule has 150 valence electrons. The normalized spacial score (nSPS) is 32.3. The lowest BCUT2D eigenvalue weighted by Gasteiger charge is -2.37. The van der Waals surface area contributed by atoms with Crippen LogP contribution < -0.4 is 5.32 Å². The third kappa shape index (κ3) is 6.15. The molecule has 1 saturated heterocycles. The topological polar surface area (TPSA) is 73.9 Å². The molecule has 0 aromatic rings. The highest BCUT2D eigenvalue weighted by molar-refractivity contribution is 5.75. The maximum absolute atomic E-state index is 12.6. The van der Waals surface area contributed by atoms with E-state index in [1.54, 1.807) is 0 Å². The van der Waals surface area contributed by atoms with Crippen LogP contribution in [0.3, 0.4) is 0 Å². The van der Waals surface area contributed by atoms with Crippen molar-refractivity contribution in [1.29, 1.82) is 0 Å². The third-order valence-corrected chi connectivity index (χ3v) is 5.21. The molecular weight excluding hydrogens is 334 g/mol. The summed E-state index contributed by atoms with van der Waals surface area (Å²) in [5, 5.41) is 2.76. The summed E-state index contributed by atoms with van der Waals surface area (Å²) >= 11 is 0. The standard InChI is InChI=1S/C20H35NO5/c1-12(2)15-8-7-13(3)9-16(15)25-18(22)17-10-14(11-24-17)21-19(23)26-20(4,5)6/h12-17H,7-11H2,1-6H3,(H,21,23)/t13-,14+,15+,16-,17+/m1/s1. The number of hydrogen-bond donors (Lipinski definition) is 1. The number of carbonyl (C=O) groups excluding carboxylic acids is 2. The molecular formula is C20H35NO5. The summed E-state index contributed by atoms with van der Waals surface area (Å²) in [5.41, 5.74) is -0.550. The fourth-order valence-corrected chi connectivity index (χ4v) is 3.84.